The SMILES string of the molecule is CCNC(=NCc1coc(-c2ccccc2)n1)NCc1cc(C(C)C)no1.I. The van der Waals surface area contributed by atoms with Crippen molar-refractivity contribution in [2.75, 3.05) is 6.54 Å². The van der Waals surface area contributed by atoms with Crippen LogP contribution in [0.5, 0.6) is 0 Å². The van der Waals surface area contributed by atoms with Gasteiger partial charge in [0.2, 0.25) is 5.89 Å². The number of halogens is 1. The van der Waals surface area contributed by atoms with E-state index in [-0.39, 0.29) is 24.0 Å². The molecule has 8 heteroatoms. The van der Waals surface area contributed by atoms with Crippen LogP contribution in [0.3, 0.4) is 0 Å². The molecule has 0 atom stereocenters. The Bertz CT molecular complexity index is 874. The van der Waals surface area contributed by atoms with Gasteiger partial charge in [0, 0.05) is 18.2 Å². The second-order valence-electron chi connectivity index (χ2n) is 6.43. The second-order valence-corrected chi connectivity index (χ2v) is 6.43. The molecule has 0 saturated carbocycles. The summed E-state index contributed by atoms with van der Waals surface area (Å²) in [6.45, 7) is 7.88. The van der Waals surface area contributed by atoms with Crippen molar-refractivity contribution in [3.8, 4) is 11.5 Å². The molecule has 1 aromatic carbocycles. The van der Waals surface area contributed by atoms with Crippen LogP contribution in [0.25, 0.3) is 11.5 Å². The maximum Gasteiger partial charge on any atom is 0.226 e. The van der Waals surface area contributed by atoms with Gasteiger partial charge < -0.3 is 19.6 Å². The first-order valence-electron chi connectivity index (χ1n) is 9.13. The first kappa shape index (κ1) is 21.9. The molecule has 2 heterocycles. The predicted molar refractivity (Wildman–Crippen MR) is 120 cm³/mol. The van der Waals surface area contributed by atoms with Gasteiger partial charge in [-0.2, -0.15) is 0 Å². The van der Waals surface area contributed by atoms with Crippen LogP contribution in [0.1, 0.15) is 43.8 Å². The number of oxazole rings is 1. The average molecular weight is 495 g/mol. The standard InChI is InChI=1S/C20H25N5O2.HI/c1-4-21-20(23-12-17-10-18(14(2)3)25-27-17)22-11-16-13-26-19(24-16)15-8-6-5-7-9-15;/h5-10,13-14H,4,11-12H2,1-3H3,(H2,21,22,23);1H. The zero-order chi connectivity index (χ0) is 19.1. The molecule has 150 valence electrons. The average Bonchev–Trinajstić information content (AvgIpc) is 3.34. The Kier molecular flexibility index (Phi) is 8.49. The van der Waals surface area contributed by atoms with Gasteiger partial charge in [-0.05, 0) is 25.0 Å². The van der Waals surface area contributed by atoms with E-state index in [2.05, 4.69) is 39.6 Å². The van der Waals surface area contributed by atoms with Crippen LogP contribution in [0.15, 0.2) is 56.6 Å². The summed E-state index contributed by atoms with van der Waals surface area (Å²) in [5.41, 5.74) is 2.67. The Hall–Kier alpha value is -2.36. The second kappa shape index (κ2) is 10.8. The first-order chi connectivity index (χ1) is 13.2. The number of hydrogen-bond donors (Lipinski definition) is 2. The van der Waals surface area contributed by atoms with Crippen LogP contribution in [-0.2, 0) is 13.1 Å². The molecule has 0 fully saturated rings. The molecule has 7 nitrogen and oxygen atoms in total. The fourth-order valence-corrected chi connectivity index (χ4v) is 2.45. The predicted octanol–water partition coefficient (Wildman–Crippen LogP) is 4.33. The van der Waals surface area contributed by atoms with Crippen LogP contribution >= 0.6 is 24.0 Å². The van der Waals surface area contributed by atoms with Crippen molar-refractivity contribution >= 4 is 29.9 Å². The van der Waals surface area contributed by atoms with E-state index in [4.69, 9.17) is 8.94 Å². The molecule has 28 heavy (non-hydrogen) atoms. The summed E-state index contributed by atoms with van der Waals surface area (Å²) in [4.78, 5) is 9.05. The van der Waals surface area contributed by atoms with E-state index in [9.17, 15) is 0 Å². The van der Waals surface area contributed by atoms with Crippen LogP contribution in [0.4, 0.5) is 0 Å². The lowest BCUT2D eigenvalue weighted by atomic mass is 10.1. The Labute approximate surface area is 182 Å². The topological polar surface area (TPSA) is 88.5 Å². The molecule has 0 aliphatic heterocycles. The van der Waals surface area contributed by atoms with Gasteiger partial charge in [-0.3, -0.25) is 0 Å². The lowest BCUT2D eigenvalue weighted by Crippen LogP contribution is -2.36. The Balaban J connectivity index is 0.00000280. The molecule has 0 saturated heterocycles. The highest BCUT2D eigenvalue weighted by atomic mass is 127. The van der Waals surface area contributed by atoms with Gasteiger partial charge in [0.1, 0.15) is 12.0 Å². The fourth-order valence-electron chi connectivity index (χ4n) is 2.45. The smallest absolute Gasteiger partial charge is 0.226 e. The quantitative estimate of drug-likeness (QED) is 0.288. The fraction of sp³-hybridized carbons (Fsp3) is 0.350. The van der Waals surface area contributed by atoms with Gasteiger partial charge in [-0.15, -0.1) is 24.0 Å². The summed E-state index contributed by atoms with van der Waals surface area (Å²) in [7, 11) is 0. The molecular weight excluding hydrogens is 469 g/mol. The van der Waals surface area contributed by atoms with Crippen LogP contribution in [-0.4, -0.2) is 22.6 Å². The van der Waals surface area contributed by atoms with Crippen molar-refractivity contribution in [2.24, 2.45) is 4.99 Å². The number of nitrogens with one attached hydrogen (secondary N) is 2. The highest BCUT2D eigenvalue weighted by Crippen LogP contribution is 2.18. The van der Waals surface area contributed by atoms with Gasteiger partial charge in [0.15, 0.2) is 11.7 Å². The molecule has 0 aliphatic rings. The maximum atomic E-state index is 5.55. The summed E-state index contributed by atoms with van der Waals surface area (Å²) in [5.74, 6) is 2.40. The van der Waals surface area contributed by atoms with Crippen molar-refractivity contribution in [1.29, 1.82) is 0 Å². The van der Waals surface area contributed by atoms with Crippen LogP contribution < -0.4 is 10.6 Å². The monoisotopic (exact) mass is 495 g/mol. The normalized spacial score (nSPS) is 11.4. The van der Waals surface area contributed by atoms with Gasteiger partial charge in [0.05, 0.1) is 18.8 Å². The van der Waals surface area contributed by atoms with Gasteiger partial charge in [-0.25, -0.2) is 9.98 Å². The molecule has 3 aromatic rings. The van der Waals surface area contributed by atoms with Gasteiger partial charge >= 0.3 is 0 Å². The lowest BCUT2D eigenvalue weighted by molar-refractivity contribution is 0.372. The number of aliphatic imine (C=N–C) groups is 1. The number of hydrogen-bond acceptors (Lipinski definition) is 5. The van der Waals surface area contributed by atoms with E-state index in [1.807, 2.05) is 43.3 Å². The zero-order valence-electron chi connectivity index (χ0n) is 16.3. The van der Waals surface area contributed by atoms with Crippen LogP contribution in [0.2, 0.25) is 0 Å². The number of benzene rings is 1. The molecule has 0 radical (unpaired) electrons. The number of aromatic nitrogens is 2. The molecule has 3 rings (SSSR count). The van der Waals surface area contributed by atoms with E-state index < -0.39 is 0 Å². The molecule has 2 aromatic heterocycles. The minimum Gasteiger partial charge on any atom is -0.444 e. The van der Waals surface area contributed by atoms with Crippen molar-refractivity contribution in [2.45, 2.75) is 39.8 Å². The minimum atomic E-state index is 0. The third kappa shape index (κ3) is 6.08. The molecule has 0 aliphatic carbocycles. The minimum absolute atomic E-state index is 0. The largest absolute Gasteiger partial charge is 0.444 e. The highest BCUT2D eigenvalue weighted by Gasteiger charge is 2.09. The molecule has 0 bridgehead atoms. The zero-order valence-corrected chi connectivity index (χ0v) is 18.6. The summed E-state index contributed by atoms with van der Waals surface area (Å²) in [5, 5.41) is 10.5. The maximum absolute atomic E-state index is 5.55. The molecular formula is C20H26IN5O2. The van der Waals surface area contributed by atoms with Crippen molar-refractivity contribution in [1.82, 2.24) is 20.8 Å². The van der Waals surface area contributed by atoms with Crippen LogP contribution in [0, 0.1) is 0 Å². The molecule has 0 amide bonds. The first-order valence-corrected chi connectivity index (χ1v) is 9.13. The lowest BCUT2D eigenvalue weighted by Gasteiger charge is -2.09. The van der Waals surface area contributed by atoms with Gasteiger partial charge in [0.25, 0.3) is 0 Å². The highest BCUT2D eigenvalue weighted by molar-refractivity contribution is 14.0. The van der Waals surface area contributed by atoms with Crippen molar-refractivity contribution < 1.29 is 8.94 Å². The summed E-state index contributed by atoms with van der Waals surface area (Å²) >= 11 is 0. The molecule has 0 spiro atoms. The third-order valence-corrected chi connectivity index (χ3v) is 3.91. The van der Waals surface area contributed by atoms with E-state index in [0.717, 1.165) is 29.3 Å². The Morgan fingerprint density at radius 1 is 1.18 bits per heavy atom. The summed E-state index contributed by atoms with van der Waals surface area (Å²) in [6.07, 6.45) is 1.64. The van der Waals surface area contributed by atoms with E-state index in [1.165, 1.54) is 0 Å². The Morgan fingerprint density at radius 2 is 1.96 bits per heavy atom. The number of rotatable bonds is 7. The third-order valence-electron chi connectivity index (χ3n) is 3.91. The van der Waals surface area contributed by atoms with Crippen molar-refractivity contribution in [3.05, 3.63) is 59.8 Å². The molecule has 2 N–H and O–H groups in total. The van der Waals surface area contributed by atoms with E-state index in [0.29, 0.717) is 30.9 Å². The molecule has 0 unspecified atom stereocenters. The Morgan fingerprint density at radius 3 is 2.64 bits per heavy atom. The summed E-state index contributed by atoms with van der Waals surface area (Å²) < 4.78 is 10.9. The number of nitrogens with zero attached hydrogens (tertiary/aromatic N) is 3. The van der Waals surface area contributed by atoms with E-state index in [1.54, 1.807) is 6.26 Å². The summed E-state index contributed by atoms with van der Waals surface area (Å²) in [6, 6.07) is 11.8. The number of guanidine groups is 1. The van der Waals surface area contributed by atoms with Crippen molar-refractivity contribution in [3.63, 3.8) is 0 Å². The van der Waals surface area contributed by atoms with E-state index >= 15 is 0 Å². The van der Waals surface area contributed by atoms with Gasteiger partial charge in [-0.1, -0.05) is 37.2 Å².